The van der Waals surface area contributed by atoms with Gasteiger partial charge in [0.25, 0.3) is 0 Å². The van der Waals surface area contributed by atoms with Crippen molar-refractivity contribution in [2.24, 2.45) is 0 Å². The minimum atomic E-state index is 0.830. The number of nitrogens with zero attached hydrogens (tertiary/aromatic N) is 1. The van der Waals surface area contributed by atoms with Crippen LogP contribution in [0.5, 0.6) is 5.75 Å². The lowest BCUT2D eigenvalue weighted by Gasteiger charge is -2.18. The summed E-state index contributed by atoms with van der Waals surface area (Å²) in [5, 5.41) is 0. The van der Waals surface area contributed by atoms with Crippen LogP contribution in [-0.4, -0.2) is 7.11 Å². The van der Waals surface area contributed by atoms with Gasteiger partial charge < -0.3 is 15.4 Å². The number of nitrogens with two attached hydrogens (primary N) is 1. The molecule has 1 aliphatic rings. The fourth-order valence-corrected chi connectivity index (χ4v) is 2.98. The Bertz CT molecular complexity index is 628. The van der Waals surface area contributed by atoms with Crippen molar-refractivity contribution in [1.29, 1.82) is 0 Å². The third-order valence-corrected chi connectivity index (χ3v) is 4.07. The number of hydrogen-bond acceptors (Lipinski definition) is 3. The number of halogens is 1. The molecule has 0 radical (unpaired) electrons. The predicted molar refractivity (Wildman–Crippen MR) is 81.4 cm³/mol. The van der Waals surface area contributed by atoms with E-state index in [1.807, 2.05) is 12.1 Å². The van der Waals surface area contributed by atoms with E-state index in [9.17, 15) is 0 Å². The number of rotatable bonds is 2. The van der Waals surface area contributed by atoms with E-state index >= 15 is 0 Å². The molecule has 2 aromatic carbocycles. The molecule has 2 aromatic rings. The Kier molecular flexibility index (Phi) is 3.11. The van der Waals surface area contributed by atoms with Crippen LogP contribution in [0.25, 0.3) is 0 Å². The van der Waals surface area contributed by atoms with E-state index in [0.29, 0.717) is 0 Å². The van der Waals surface area contributed by atoms with E-state index in [2.05, 4.69) is 45.1 Å². The zero-order valence-electron chi connectivity index (χ0n) is 10.7. The van der Waals surface area contributed by atoms with Gasteiger partial charge in [0.1, 0.15) is 5.75 Å². The second-order valence-corrected chi connectivity index (χ2v) is 5.56. The van der Waals surface area contributed by atoms with Gasteiger partial charge in [-0.15, -0.1) is 0 Å². The van der Waals surface area contributed by atoms with Gasteiger partial charge in [0.15, 0.2) is 0 Å². The summed E-state index contributed by atoms with van der Waals surface area (Å²) in [6, 6.07) is 12.3. The van der Waals surface area contributed by atoms with Crippen molar-refractivity contribution in [1.82, 2.24) is 0 Å². The fraction of sp³-hybridized carbons (Fsp3) is 0.200. The zero-order chi connectivity index (χ0) is 13.4. The van der Waals surface area contributed by atoms with Crippen molar-refractivity contribution in [3.05, 3.63) is 52.0 Å². The maximum Gasteiger partial charge on any atom is 0.133 e. The third-order valence-electron chi connectivity index (χ3n) is 3.45. The Morgan fingerprint density at radius 1 is 1.11 bits per heavy atom. The van der Waals surface area contributed by atoms with E-state index in [1.54, 1.807) is 7.11 Å². The second kappa shape index (κ2) is 4.78. The largest absolute Gasteiger partial charge is 0.496 e. The lowest BCUT2D eigenvalue weighted by Crippen LogP contribution is -2.14. The molecular formula is C15H15BrN2O. The molecule has 0 bridgehead atoms. The van der Waals surface area contributed by atoms with Crippen LogP contribution in [0, 0.1) is 0 Å². The molecule has 98 valence electrons. The van der Waals surface area contributed by atoms with Crippen LogP contribution in [0.2, 0.25) is 0 Å². The van der Waals surface area contributed by atoms with Crippen molar-refractivity contribution < 1.29 is 4.74 Å². The minimum absolute atomic E-state index is 0.830. The van der Waals surface area contributed by atoms with E-state index in [1.165, 1.54) is 16.8 Å². The molecule has 0 atom stereocenters. The molecule has 4 heteroatoms. The highest BCUT2D eigenvalue weighted by molar-refractivity contribution is 9.10. The first-order valence-corrected chi connectivity index (χ1v) is 6.92. The first-order chi connectivity index (χ1) is 9.17. The number of hydrogen-bond donors (Lipinski definition) is 1. The van der Waals surface area contributed by atoms with Gasteiger partial charge >= 0.3 is 0 Å². The normalized spacial score (nSPS) is 13.5. The van der Waals surface area contributed by atoms with E-state index in [-0.39, 0.29) is 0 Å². The van der Waals surface area contributed by atoms with Crippen LogP contribution >= 0.6 is 15.9 Å². The van der Waals surface area contributed by atoms with Crippen molar-refractivity contribution in [2.75, 3.05) is 17.7 Å². The van der Waals surface area contributed by atoms with Crippen LogP contribution < -0.4 is 15.4 Å². The van der Waals surface area contributed by atoms with Gasteiger partial charge in [0.05, 0.1) is 11.6 Å². The van der Waals surface area contributed by atoms with E-state index in [0.717, 1.165) is 29.0 Å². The Balaban J connectivity index is 1.88. The summed E-state index contributed by atoms with van der Waals surface area (Å²) >= 11 is 3.53. The molecule has 0 unspecified atom stereocenters. The first-order valence-electron chi connectivity index (χ1n) is 6.13. The Hall–Kier alpha value is -1.68. The summed E-state index contributed by atoms with van der Waals surface area (Å²) in [6.45, 7) is 1.83. The Morgan fingerprint density at radius 3 is 2.63 bits per heavy atom. The molecule has 2 N–H and O–H groups in total. The van der Waals surface area contributed by atoms with Crippen LogP contribution in [0.3, 0.4) is 0 Å². The fourth-order valence-electron chi connectivity index (χ4n) is 2.45. The second-order valence-electron chi connectivity index (χ2n) is 4.70. The van der Waals surface area contributed by atoms with Crippen molar-refractivity contribution in [2.45, 2.75) is 13.1 Å². The number of ether oxygens (including phenoxy) is 1. The molecule has 3 rings (SSSR count). The number of benzene rings is 2. The molecule has 0 saturated carbocycles. The monoisotopic (exact) mass is 318 g/mol. The van der Waals surface area contributed by atoms with Crippen molar-refractivity contribution in [3.63, 3.8) is 0 Å². The summed E-state index contributed by atoms with van der Waals surface area (Å²) in [4.78, 5) is 2.33. The van der Waals surface area contributed by atoms with Gasteiger partial charge in [-0.1, -0.05) is 6.07 Å². The summed E-state index contributed by atoms with van der Waals surface area (Å²) < 4.78 is 6.23. The van der Waals surface area contributed by atoms with Crippen LogP contribution in [0.4, 0.5) is 11.4 Å². The van der Waals surface area contributed by atoms with Crippen molar-refractivity contribution in [3.8, 4) is 5.75 Å². The molecule has 0 aliphatic carbocycles. The molecule has 1 heterocycles. The SMILES string of the molecule is COc1ccc(N2Cc3ccc(N)cc3C2)cc1Br. The molecule has 1 aliphatic heterocycles. The molecular weight excluding hydrogens is 304 g/mol. The van der Waals surface area contributed by atoms with Crippen LogP contribution in [0.1, 0.15) is 11.1 Å². The van der Waals surface area contributed by atoms with Crippen LogP contribution in [-0.2, 0) is 13.1 Å². The van der Waals surface area contributed by atoms with Gasteiger partial charge in [-0.3, -0.25) is 0 Å². The molecule has 0 aromatic heterocycles. The van der Waals surface area contributed by atoms with Crippen molar-refractivity contribution >= 4 is 27.3 Å². The number of fused-ring (bicyclic) bond motifs is 1. The van der Waals surface area contributed by atoms with Gasteiger partial charge in [-0.05, 0) is 57.4 Å². The Morgan fingerprint density at radius 2 is 1.89 bits per heavy atom. The smallest absolute Gasteiger partial charge is 0.133 e. The number of anilines is 2. The topological polar surface area (TPSA) is 38.5 Å². The lowest BCUT2D eigenvalue weighted by atomic mass is 10.1. The van der Waals surface area contributed by atoms with Gasteiger partial charge in [-0.25, -0.2) is 0 Å². The van der Waals surface area contributed by atoms with E-state index in [4.69, 9.17) is 10.5 Å². The highest BCUT2D eigenvalue weighted by atomic mass is 79.9. The average molecular weight is 319 g/mol. The highest BCUT2D eigenvalue weighted by Crippen LogP contribution is 2.34. The first kappa shape index (κ1) is 12.4. The summed E-state index contributed by atoms with van der Waals surface area (Å²) in [5.41, 5.74) is 10.5. The third kappa shape index (κ3) is 2.28. The zero-order valence-corrected chi connectivity index (χ0v) is 12.3. The summed E-state index contributed by atoms with van der Waals surface area (Å²) in [5.74, 6) is 0.852. The highest BCUT2D eigenvalue weighted by Gasteiger charge is 2.19. The lowest BCUT2D eigenvalue weighted by molar-refractivity contribution is 0.412. The molecule has 19 heavy (non-hydrogen) atoms. The quantitative estimate of drug-likeness (QED) is 0.860. The number of methoxy groups -OCH3 is 1. The average Bonchev–Trinajstić information content (AvgIpc) is 2.81. The van der Waals surface area contributed by atoms with Gasteiger partial charge in [-0.2, -0.15) is 0 Å². The summed E-state index contributed by atoms with van der Waals surface area (Å²) in [7, 11) is 1.67. The molecule has 3 nitrogen and oxygen atoms in total. The van der Waals surface area contributed by atoms with Gasteiger partial charge in [0, 0.05) is 24.5 Å². The standard InChI is InChI=1S/C15H15BrN2O/c1-19-15-5-4-13(7-14(15)16)18-8-10-2-3-12(17)6-11(10)9-18/h2-7H,8-9,17H2,1H3. The van der Waals surface area contributed by atoms with E-state index < -0.39 is 0 Å². The Labute approximate surface area is 121 Å². The predicted octanol–water partition coefficient (Wildman–Crippen LogP) is 3.56. The maximum atomic E-state index is 5.83. The number of nitrogen functional groups attached to an aromatic ring is 1. The molecule has 0 saturated heterocycles. The van der Waals surface area contributed by atoms with Crippen LogP contribution in [0.15, 0.2) is 40.9 Å². The molecule has 0 fully saturated rings. The maximum absolute atomic E-state index is 5.83. The minimum Gasteiger partial charge on any atom is -0.496 e. The van der Waals surface area contributed by atoms with Gasteiger partial charge in [0.2, 0.25) is 0 Å². The molecule has 0 amide bonds. The molecule has 0 spiro atoms. The summed E-state index contributed by atoms with van der Waals surface area (Å²) in [6.07, 6.45) is 0.